The van der Waals surface area contributed by atoms with E-state index in [1.165, 1.54) is 6.07 Å². The molecule has 21 heavy (non-hydrogen) atoms. The molecule has 3 nitrogen and oxygen atoms in total. The molecule has 2 aromatic heterocycles. The lowest BCUT2D eigenvalue weighted by Crippen LogP contribution is -2.12. The standard InChI is InChI=1S/C14H12ClFIN3S/c1-2-11(14-18-3-4-21-14)20-12-5-8(16)9(17)6-10(12)19-13(20)7-15/h3-6,11H,2,7H2,1H3. The number of nitrogens with zero attached hydrogens (tertiary/aromatic N) is 3. The molecule has 0 N–H and O–H groups in total. The normalized spacial score (nSPS) is 13.0. The molecule has 0 fully saturated rings. The fraction of sp³-hybridized carbons (Fsp3) is 0.286. The van der Waals surface area contributed by atoms with Crippen LogP contribution < -0.4 is 0 Å². The Morgan fingerprint density at radius 1 is 1.48 bits per heavy atom. The van der Waals surface area contributed by atoms with E-state index in [0.29, 0.717) is 3.57 Å². The third-order valence-corrected chi connectivity index (χ3v) is 5.30. The molecule has 0 radical (unpaired) electrons. The maximum Gasteiger partial charge on any atom is 0.138 e. The van der Waals surface area contributed by atoms with Gasteiger partial charge in [0.15, 0.2) is 0 Å². The first-order valence-corrected chi connectivity index (χ1v) is 8.96. The van der Waals surface area contributed by atoms with E-state index in [1.807, 2.05) is 32.5 Å². The summed E-state index contributed by atoms with van der Waals surface area (Å²) in [7, 11) is 0. The van der Waals surface area contributed by atoms with Gasteiger partial charge in [0.05, 0.1) is 26.5 Å². The van der Waals surface area contributed by atoms with E-state index >= 15 is 0 Å². The molecule has 1 unspecified atom stereocenters. The SMILES string of the molecule is CCC(c1nccs1)n1c(CCl)nc2cc(I)c(F)cc21. The van der Waals surface area contributed by atoms with Crippen LogP contribution in [0.3, 0.4) is 0 Å². The van der Waals surface area contributed by atoms with Gasteiger partial charge in [-0.25, -0.2) is 14.4 Å². The fourth-order valence-electron chi connectivity index (χ4n) is 2.45. The number of rotatable bonds is 4. The van der Waals surface area contributed by atoms with Crippen LogP contribution in [0.25, 0.3) is 11.0 Å². The van der Waals surface area contributed by atoms with Gasteiger partial charge in [0.1, 0.15) is 16.6 Å². The first-order chi connectivity index (χ1) is 10.2. The number of thiazole rings is 1. The van der Waals surface area contributed by atoms with E-state index in [2.05, 4.69) is 16.9 Å². The highest BCUT2D eigenvalue weighted by molar-refractivity contribution is 14.1. The summed E-state index contributed by atoms with van der Waals surface area (Å²) in [5.74, 6) is 0.795. The van der Waals surface area contributed by atoms with Crippen LogP contribution >= 0.6 is 45.5 Å². The maximum absolute atomic E-state index is 14.0. The van der Waals surface area contributed by atoms with Gasteiger partial charge in [-0.3, -0.25) is 0 Å². The van der Waals surface area contributed by atoms with Crippen LogP contribution in [0.15, 0.2) is 23.7 Å². The van der Waals surface area contributed by atoms with Gasteiger partial charge in [0.25, 0.3) is 0 Å². The second-order valence-corrected chi connectivity index (χ2v) is 6.94. The molecular weight excluding hydrogens is 424 g/mol. The van der Waals surface area contributed by atoms with Crippen molar-refractivity contribution in [3.8, 4) is 0 Å². The number of hydrogen-bond donors (Lipinski definition) is 0. The van der Waals surface area contributed by atoms with Gasteiger partial charge in [-0.05, 0) is 35.1 Å². The van der Waals surface area contributed by atoms with Gasteiger partial charge in [0.2, 0.25) is 0 Å². The average molecular weight is 436 g/mol. The zero-order valence-corrected chi connectivity index (χ0v) is 14.9. The Bertz CT molecular complexity index is 772. The largest absolute Gasteiger partial charge is 0.317 e. The summed E-state index contributed by atoms with van der Waals surface area (Å²) in [6.45, 7) is 2.08. The van der Waals surface area contributed by atoms with Crippen molar-refractivity contribution in [1.29, 1.82) is 0 Å². The van der Waals surface area contributed by atoms with E-state index in [1.54, 1.807) is 23.6 Å². The Labute approximate surface area is 144 Å². The average Bonchev–Trinajstić information content (AvgIpc) is 3.10. The lowest BCUT2D eigenvalue weighted by molar-refractivity contribution is 0.559. The third-order valence-electron chi connectivity index (χ3n) is 3.36. The van der Waals surface area contributed by atoms with Crippen LogP contribution in [-0.2, 0) is 5.88 Å². The number of fused-ring (bicyclic) bond motifs is 1. The molecule has 1 atom stereocenters. The molecule has 0 bridgehead atoms. The van der Waals surface area contributed by atoms with Crippen LogP contribution in [0.5, 0.6) is 0 Å². The van der Waals surface area contributed by atoms with Crippen molar-refractivity contribution in [3.63, 3.8) is 0 Å². The summed E-state index contributed by atoms with van der Waals surface area (Å²) in [5, 5.41) is 2.93. The molecule has 0 amide bonds. The van der Waals surface area contributed by atoms with Crippen molar-refractivity contribution in [2.45, 2.75) is 25.3 Å². The Kier molecular flexibility index (Phi) is 4.46. The minimum absolute atomic E-state index is 0.0308. The van der Waals surface area contributed by atoms with Crippen LogP contribution in [-0.4, -0.2) is 14.5 Å². The lowest BCUT2D eigenvalue weighted by atomic mass is 10.2. The number of imidazole rings is 1. The molecule has 0 aliphatic rings. The molecule has 0 saturated carbocycles. The van der Waals surface area contributed by atoms with Crippen molar-refractivity contribution in [2.24, 2.45) is 0 Å². The molecule has 7 heteroatoms. The zero-order valence-electron chi connectivity index (χ0n) is 11.2. The smallest absolute Gasteiger partial charge is 0.138 e. The second-order valence-electron chi connectivity index (χ2n) is 4.58. The van der Waals surface area contributed by atoms with Crippen LogP contribution in [0.2, 0.25) is 0 Å². The van der Waals surface area contributed by atoms with Gasteiger partial charge in [0, 0.05) is 17.6 Å². The van der Waals surface area contributed by atoms with Crippen molar-refractivity contribution in [3.05, 3.63) is 43.9 Å². The highest BCUT2D eigenvalue weighted by Crippen LogP contribution is 2.31. The quantitative estimate of drug-likeness (QED) is 0.428. The van der Waals surface area contributed by atoms with Crippen molar-refractivity contribution in [1.82, 2.24) is 14.5 Å². The van der Waals surface area contributed by atoms with E-state index < -0.39 is 0 Å². The van der Waals surface area contributed by atoms with Crippen molar-refractivity contribution < 1.29 is 4.39 Å². The topological polar surface area (TPSA) is 30.7 Å². The molecule has 3 rings (SSSR count). The monoisotopic (exact) mass is 435 g/mol. The number of halogens is 3. The van der Waals surface area contributed by atoms with Gasteiger partial charge in [-0.15, -0.1) is 22.9 Å². The molecule has 3 aromatic rings. The number of benzene rings is 1. The molecular formula is C14H12ClFIN3S. The molecule has 0 saturated heterocycles. The molecule has 110 valence electrons. The lowest BCUT2D eigenvalue weighted by Gasteiger charge is -2.17. The summed E-state index contributed by atoms with van der Waals surface area (Å²) in [6, 6.07) is 3.33. The number of alkyl halides is 1. The number of hydrogen-bond acceptors (Lipinski definition) is 3. The summed E-state index contributed by atoms with van der Waals surface area (Å²) in [4.78, 5) is 8.95. The predicted octanol–water partition coefficient (Wildman–Crippen LogP) is 4.97. The van der Waals surface area contributed by atoms with Crippen molar-refractivity contribution in [2.75, 3.05) is 0 Å². The summed E-state index contributed by atoms with van der Waals surface area (Å²) >= 11 is 9.62. The van der Waals surface area contributed by atoms with Gasteiger partial charge in [-0.2, -0.15) is 0 Å². The Hall–Kier alpha value is -0.730. The molecule has 2 heterocycles. The minimum atomic E-state index is -0.237. The van der Waals surface area contributed by atoms with Crippen LogP contribution in [0.4, 0.5) is 4.39 Å². The third kappa shape index (κ3) is 2.68. The predicted molar refractivity (Wildman–Crippen MR) is 92.5 cm³/mol. The first-order valence-electron chi connectivity index (χ1n) is 6.47. The van der Waals surface area contributed by atoms with Gasteiger partial charge in [-0.1, -0.05) is 6.92 Å². The van der Waals surface area contributed by atoms with E-state index in [-0.39, 0.29) is 17.7 Å². The highest BCUT2D eigenvalue weighted by Gasteiger charge is 2.22. The summed E-state index contributed by atoms with van der Waals surface area (Å²) in [6.07, 6.45) is 2.63. The Morgan fingerprint density at radius 3 is 2.90 bits per heavy atom. The fourth-order valence-corrected chi connectivity index (χ4v) is 3.90. The molecule has 0 aliphatic heterocycles. The molecule has 0 spiro atoms. The van der Waals surface area contributed by atoms with Gasteiger partial charge < -0.3 is 4.57 Å². The Morgan fingerprint density at radius 2 is 2.29 bits per heavy atom. The van der Waals surface area contributed by atoms with Gasteiger partial charge >= 0.3 is 0 Å². The van der Waals surface area contributed by atoms with Crippen LogP contribution in [0.1, 0.15) is 30.2 Å². The maximum atomic E-state index is 14.0. The summed E-state index contributed by atoms with van der Waals surface area (Å²) in [5.41, 5.74) is 1.54. The Balaban J connectivity index is 2.26. The second kappa shape index (κ2) is 6.18. The number of aromatic nitrogens is 3. The minimum Gasteiger partial charge on any atom is -0.317 e. The van der Waals surface area contributed by atoms with Crippen LogP contribution in [0, 0.1) is 9.39 Å². The zero-order chi connectivity index (χ0) is 15.0. The van der Waals surface area contributed by atoms with Crippen molar-refractivity contribution >= 4 is 56.6 Å². The van der Waals surface area contributed by atoms with E-state index in [4.69, 9.17) is 11.6 Å². The molecule has 0 aliphatic carbocycles. The first kappa shape index (κ1) is 15.2. The van der Waals surface area contributed by atoms with E-state index in [9.17, 15) is 4.39 Å². The molecule has 1 aromatic carbocycles. The summed E-state index contributed by atoms with van der Waals surface area (Å²) < 4.78 is 16.5. The van der Waals surface area contributed by atoms with E-state index in [0.717, 1.165) is 28.3 Å². The highest BCUT2D eigenvalue weighted by atomic mass is 127.